The Balaban J connectivity index is 1.98. The first-order valence-corrected chi connectivity index (χ1v) is 9.26. The number of hydrogen-bond acceptors (Lipinski definition) is 2. The Morgan fingerprint density at radius 3 is 2.70 bits per heavy atom. The predicted molar refractivity (Wildman–Crippen MR) is 83.7 cm³/mol. The van der Waals surface area contributed by atoms with Gasteiger partial charge in [0.15, 0.2) is 0 Å². The van der Waals surface area contributed by atoms with Gasteiger partial charge in [-0.1, -0.05) is 37.3 Å². The van der Waals surface area contributed by atoms with Gasteiger partial charge in [-0.25, -0.2) is 12.7 Å². The summed E-state index contributed by atoms with van der Waals surface area (Å²) in [6.45, 7) is 3.25. The number of sulfonamides is 1. The van der Waals surface area contributed by atoms with Gasteiger partial charge in [0.1, 0.15) is 0 Å². The lowest BCUT2D eigenvalue weighted by Gasteiger charge is -2.19. The van der Waals surface area contributed by atoms with Crippen molar-refractivity contribution in [1.82, 2.24) is 4.31 Å². The quantitative estimate of drug-likeness (QED) is 0.757. The minimum Gasteiger partial charge on any atom is -0.212 e. The van der Waals surface area contributed by atoms with Crippen LogP contribution in [0.15, 0.2) is 30.3 Å². The van der Waals surface area contributed by atoms with Gasteiger partial charge in [0.25, 0.3) is 0 Å². The molecule has 0 aromatic heterocycles. The molecule has 1 aromatic rings. The highest BCUT2D eigenvalue weighted by Crippen LogP contribution is 2.25. The number of alkyl halides is 1. The van der Waals surface area contributed by atoms with Crippen LogP contribution in [0.25, 0.3) is 0 Å². The van der Waals surface area contributed by atoms with E-state index in [-0.39, 0.29) is 11.7 Å². The second-order valence-electron chi connectivity index (χ2n) is 5.58. The third kappa shape index (κ3) is 3.96. The molecule has 0 saturated carbocycles. The lowest BCUT2D eigenvalue weighted by Crippen LogP contribution is -2.32. The summed E-state index contributed by atoms with van der Waals surface area (Å²) in [5.74, 6) is 1.24. The Bertz CT molecular complexity index is 518. The van der Waals surface area contributed by atoms with Crippen molar-refractivity contribution >= 4 is 21.6 Å². The van der Waals surface area contributed by atoms with E-state index in [1.54, 1.807) is 4.31 Å². The van der Waals surface area contributed by atoms with Gasteiger partial charge in [-0.3, -0.25) is 0 Å². The Hall–Kier alpha value is -0.580. The van der Waals surface area contributed by atoms with Gasteiger partial charge in [0.05, 0.1) is 5.75 Å². The van der Waals surface area contributed by atoms with Crippen LogP contribution >= 0.6 is 11.6 Å². The summed E-state index contributed by atoms with van der Waals surface area (Å²) >= 11 is 5.74. The SMILES string of the molecule is CC(CS(=O)(=O)N1CCC(CCCl)C1)c1ccccc1. The summed E-state index contributed by atoms with van der Waals surface area (Å²) in [4.78, 5) is 0. The molecule has 112 valence electrons. The lowest BCUT2D eigenvalue weighted by atomic mass is 10.0. The summed E-state index contributed by atoms with van der Waals surface area (Å²) in [6, 6.07) is 9.82. The first kappa shape index (κ1) is 15.8. The van der Waals surface area contributed by atoms with Gasteiger partial charge in [-0.05, 0) is 30.2 Å². The smallest absolute Gasteiger partial charge is 0.212 e. The highest BCUT2D eigenvalue weighted by molar-refractivity contribution is 7.89. The molecule has 1 aromatic carbocycles. The molecule has 0 radical (unpaired) electrons. The van der Waals surface area contributed by atoms with Crippen LogP contribution in [0.4, 0.5) is 0 Å². The van der Waals surface area contributed by atoms with Crippen LogP contribution in [0.1, 0.15) is 31.2 Å². The zero-order valence-corrected chi connectivity index (χ0v) is 13.4. The molecule has 1 heterocycles. The van der Waals surface area contributed by atoms with Crippen molar-refractivity contribution in [3.05, 3.63) is 35.9 Å². The van der Waals surface area contributed by atoms with Crippen LogP contribution in [0.3, 0.4) is 0 Å². The van der Waals surface area contributed by atoms with Gasteiger partial charge in [0, 0.05) is 19.0 Å². The second kappa shape index (κ2) is 6.92. The van der Waals surface area contributed by atoms with E-state index < -0.39 is 10.0 Å². The van der Waals surface area contributed by atoms with E-state index in [4.69, 9.17) is 11.6 Å². The molecule has 0 spiro atoms. The van der Waals surface area contributed by atoms with Crippen LogP contribution in [-0.4, -0.2) is 37.4 Å². The van der Waals surface area contributed by atoms with E-state index in [1.807, 2.05) is 37.3 Å². The van der Waals surface area contributed by atoms with Crippen molar-refractivity contribution < 1.29 is 8.42 Å². The van der Waals surface area contributed by atoms with Crippen LogP contribution < -0.4 is 0 Å². The molecule has 1 fully saturated rings. The van der Waals surface area contributed by atoms with Crippen LogP contribution in [-0.2, 0) is 10.0 Å². The third-order valence-corrected chi connectivity index (χ3v) is 6.25. The Labute approximate surface area is 127 Å². The first-order valence-electron chi connectivity index (χ1n) is 7.11. The summed E-state index contributed by atoms with van der Waals surface area (Å²) in [5.41, 5.74) is 1.08. The molecule has 1 aliphatic rings. The molecular weight excluding hydrogens is 294 g/mol. The fourth-order valence-electron chi connectivity index (χ4n) is 2.74. The van der Waals surface area contributed by atoms with Crippen molar-refractivity contribution in [2.24, 2.45) is 5.92 Å². The van der Waals surface area contributed by atoms with E-state index in [9.17, 15) is 8.42 Å². The maximum Gasteiger partial charge on any atom is 0.214 e. The number of rotatable bonds is 6. The average molecular weight is 316 g/mol. The zero-order chi connectivity index (χ0) is 14.6. The van der Waals surface area contributed by atoms with Gasteiger partial charge >= 0.3 is 0 Å². The van der Waals surface area contributed by atoms with Gasteiger partial charge < -0.3 is 0 Å². The van der Waals surface area contributed by atoms with Crippen molar-refractivity contribution in [3.8, 4) is 0 Å². The van der Waals surface area contributed by atoms with E-state index in [2.05, 4.69) is 0 Å². The summed E-state index contributed by atoms with van der Waals surface area (Å²) in [5, 5.41) is 0. The number of hydrogen-bond donors (Lipinski definition) is 0. The molecule has 2 atom stereocenters. The molecular formula is C15H22ClNO2S. The maximum atomic E-state index is 12.5. The van der Waals surface area contributed by atoms with Gasteiger partial charge in [0.2, 0.25) is 10.0 Å². The van der Waals surface area contributed by atoms with E-state index in [1.165, 1.54) is 0 Å². The van der Waals surface area contributed by atoms with Crippen molar-refractivity contribution in [2.45, 2.75) is 25.7 Å². The molecule has 0 bridgehead atoms. The monoisotopic (exact) mass is 315 g/mol. The van der Waals surface area contributed by atoms with Crippen molar-refractivity contribution in [3.63, 3.8) is 0 Å². The Kier molecular flexibility index (Phi) is 5.47. The van der Waals surface area contributed by atoms with E-state index in [0.29, 0.717) is 24.9 Å². The van der Waals surface area contributed by atoms with Crippen molar-refractivity contribution in [1.29, 1.82) is 0 Å². The minimum absolute atomic E-state index is 0.0216. The fraction of sp³-hybridized carbons (Fsp3) is 0.600. The number of halogens is 1. The molecule has 2 rings (SSSR count). The molecule has 1 saturated heterocycles. The predicted octanol–water partition coefficient (Wildman–Crippen LogP) is 3.07. The van der Waals surface area contributed by atoms with Gasteiger partial charge in [-0.2, -0.15) is 0 Å². The molecule has 5 heteroatoms. The molecule has 1 aliphatic heterocycles. The van der Waals surface area contributed by atoms with Crippen LogP contribution in [0.5, 0.6) is 0 Å². The highest BCUT2D eigenvalue weighted by atomic mass is 35.5. The molecule has 0 amide bonds. The molecule has 2 unspecified atom stereocenters. The fourth-order valence-corrected chi connectivity index (χ4v) is 4.90. The molecule has 20 heavy (non-hydrogen) atoms. The summed E-state index contributed by atoms with van der Waals surface area (Å²) in [7, 11) is -3.17. The minimum atomic E-state index is -3.17. The summed E-state index contributed by atoms with van der Waals surface area (Å²) in [6.07, 6.45) is 1.84. The summed E-state index contributed by atoms with van der Waals surface area (Å²) < 4.78 is 26.6. The lowest BCUT2D eigenvalue weighted by molar-refractivity contribution is 0.451. The van der Waals surface area contributed by atoms with Crippen LogP contribution in [0.2, 0.25) is 0 Å². The Morgan fingerprint density at radius 2 is 2.05 bits per heavy atom. The standard InChI is InChI=1S/C15H22ClNO2S/c1-13(15-5-3-2-4-6-15)12-20(18,19)17-10-8-14(11-17)7-9-16/h2-6,13-14H,7-12H2,1H3. The molecule has 0 N–H and O–H groups in total. The maximum absolute atomic E-state index is 12.5. The number of nitrogens with zero attached hydrogens (tertiary/aromatic N) is 1. The van der Waals surface area contributed by atoms with E-state index in [0.717, 1.165) is 18.4 Å². The molecule has 3 nitrogen and oxygen atoms in total. The van der Waals surface area contributed by atoms with Crippen molar-refractivity contribution in [2.75, 3.05) is 24.7 Å². The third-order valence-electron chi connectivity index (χ3n) is 3.99. The first-order chi connectivity index (χ1) is 9.53. The van der Waals surface area contributed by atoms with Crippen LogP contribution in [0, 0.1) is 5.92 Å². The normalized spacial score (nSPS) is 22.0. The molecule has 0 aliphatic carbocycles. The zero-order valence-electron chi connectivity index (χ0n) is 11.8. The van der Waals surface area contributed by atoms with E-state index >= 15 is 0 Å². The number of benzene rings is 1. The second-order valence-corrected chi connectivity index (χ2v) is 7.97. The van der Waals surface area contributed by atoms with Gasteiger partial charge in [-0.15, -0.1) is 11.6 Å². The average Bonchev–Trinajstić information content (AvgIpc) is 2.89. The topological polar surface area (TPSA) is 37.4 Å². The largest absolute Gasteiger partial charge is 0.214 e. The highest BCUT2D eigenvalue weighted by Gasteiger charge is 2.32. The Morgan fingerprint density at radius 1 is 1.35 bits per heavy atom.